The van der Waals surface area contributed by atoms with E-state index in [0.29, 0.717) is 0 Å². The average Bonchev–Trinajstić information content (AvgIpc) is 2.41. The normalized spacial score (nSPS) is 14.9. The summed E-state index contributed by atoms with van der Waals surface area (Å²) in [5.74, 6) is 0. The van der Waals surface area contributed by atoms with E-state index in [1.165, 1.54) is 0 Å². The standard InChI is InChI=1S/C5H11O4P.CH4O.3K.3H/c6-10(7,8)9-5-3-1-2-4-5;1-2;;;;;;/h5H,1-4H2,(H2,6,7,8);2H,1H3;;;;;;. The molecule has 15 heavy (non-hydrogen) atoms. The van der Waals surface area contributed by atoms with Crippen molar-refractivity contribution in [2.75, 3.05) is 7.11 Å². The molecule has 0 unspecified atom stereocenters. The molecule has 1 fully saturated rings. The second-order valence-corrected chi connectivity index (χ2v) is 3.69. The number of rotatable bonds is 2. The van der Waals surface area contributed by atoms with E-state index < -0.39 is 7.82 Å². The van der Waals surface area contributed by atoms with Crippen molar-refractivity contribution in [3.8, 4) is 0 Å². The van der Waals surface area contributed by atoms with E-state index in [1.807, 2.05) is 0 Å². The molecule has 9 heteroatoms. The molecule has 0 saturated heterocycles. The van der Waals surface area contributed by atoms with Gasteiger partial charge in [0.25, 0.3) is 0 Å². The third-order valence-electron chi connectivity index (χ3n) is 1.59. The number of hydrogen-bond acceptors (Lipinski definition) is 3. The zero-order valence-corrected chi connectivity index (χ0v) is 7.91. The van der Waals surface area contributed by atoms with Crippen molar-refractivity contribution in [1.82, 2.24) is 0 Å². The molecule has 1 saturated carbocycles. The number of aliphatic hydroxyl groups is 1. The molecule has 0 bridgehead atoms. The van der Waals surface area contributed by atoms with Gasteiger partial charge in [0, 0.05) is 7.11 Å². The van der Waals surface area contributed by atoms with Gasteiger partial charge in [-0.25, -0.2) is 4.57 Å². The van der Waals surface area contributed by atoms with Crippen LogP contribution in [0.3, 0.4) is 0 Å². The van der Waals surface area contributed by atoms with Crippen LogP contribution in [0.5, 0.6) is 0 Å². The molecular formula is C6H18K3O5P. The molecule has 1 aliphatic rings. The second kappa shape index (κ2) is 17.0. The van der Waals surface area contributed by atoms with Crippen LogP contribution in [0.1, 0.15) is 25.7 Å². The quantitative estimate of drug-likeness (QED) is 0.435. The van der Waals surface area contributed by atoms with Crippen molar-refractivity contribution < 1.29 is 24.0 Å². The monoisotopic (exact) mass is 318 g/mol. The van der Waals surface area contributed by atoms with Crippen LogP contribution in [-0.4, -0.2) is 182 Å². The van der Waals surface area contributed by atoms with E-state index in [4.69, 9.17) is 14.9 Å². The third kappa shape index (κ3) is 19.0. The fourth-order valence-electron chi connectivity index (χ4n) is 1.19. The molecule has 0 amide bonds. The van der Waals surface area contributed by atoms with Gasteiger partial charge in [-0.2, -0.15) is 0 Å². The van der Waals surface area contributed by atoms with Crippen molar-refractivity contribution in [3.05, 3.63) is 0 Å². The molecule has 5 nitrogen and oxygen atoms in total. The first kappa shape index (κ1) is 28.2. The molecule has 0 radical (unpaired) electrons. The van der Waals surface area contributed by atoms with E-state index in [0.717, 1.165) is 32.8 Å². The van der Waals surface area contributed by atoms with Gasteiger partial charge in [-0.15, -0.1) is 0 Å². The van der Waals surface area contributed by atoms with E-state index >= 15 is 0 Å². The van der Waals surface area contributed by atoms with Gasteiger partial charge in [-0.1, -0.05) is 12.8 Å². The Morgan fingerprint density at radius 1 is 1.07 bits per heavy atom. The fraction of sp³-hybridized carbons (Fsp3) is 1.00. The summed E-state index contributed by atoms with van der Waals surface area (Å²) in [6.07, 6.45) is 3.40. The number of aliphatic hydroxyl groups excluding tert-OH is 1. The summed E-state index contributed by atoms with van der Waals surface area (Å²) in [6, 6.07) is 0. The SMILES string of the molecule is CO.O=P(O)(O)OC1CCCC1.[KH].[KH].[KH]. The molecule has 0 aromatic rings. The summed E-state index contributed by atoms with van der Waals surface area (Å²) in [5, 5.41) is 7.00. The molecule has 0 aromatic carbocycles. The van der Waals surface area contributed by atoms with E-state index in [9.17, 15) is 4.57 Å². The Morgan fingerprint density at radius 2 is 1.40 bits per heavy atom. The number of phosphoric acid groups is 1. The summed E-state index contributed by atoms with van der Waals surface area (Å²) in [7, 11) is -3.21. The molecule has 0 spiro atoms. The number of phosphoric ester groups is 1. The van der Waals surface area contributed by atoms with Crippen molar-refractivity contribution in [3.63, 3.8) is 0 Å². The minimum atomic E-state index is -4.21. The van der Waals surface area contributed by atoms with Crippen LogP contribution in [0.4, 0.5) is 0 Å². The summed E-state index contributed by atoms with van der Waals surface area (Å²) >= 11 is 0. The number of hydrogen-bond donors (Lipinski definition) is 3. The molecular weight excluding hydrogens is 300 g/mol. The van der Waals surface area contributed by atoms with E-state index in [2.05, 4.69) is 4.52 Å². The van der Waals surface area contributed by atoms with Crippen molar-refractivity contribution in [1.29, 1.82) is 0 Å². The van der Waals surface area contributed by atoms with Crippen LogP contribution >= 0.6 is 7.82 Å². The molecule has 1 aliphatic carbocycles. The first-order chi connectivity index (χ1) is 5.58. The molecule has 0 atom stereocenters. The Hall–Kier alpha value is 4.98. The fourth-order valence-corrected chi connectivity index (χ4v) is 1.79. The molecule has 80 valence electrons. The second-order valence-electron chi connectivity index (χ2n) is 2.50. The zero-order valence-electron chi connectivity index (χ0n) is 7.01. The minimum absolute atomic E-state index is 0. The van der Waals surface area contributed by atoms with Crippen molar-refractivity contribution in [2.45, 2.75) is 31.8 Å². The molecule has 0 heterocycles. The van der Waals surface area contributed by atoms with Crippen LogP contribution in [0.15, 0.2) is 0 Å². The first-order valence-corrected chi connectivity index (χ1v) is 5.29. The van der Waals surface area contributed by atoms with Gasteiger partial charge in [0.15, 0.2) is 0 Å². The summed E-state index contributed by atoms with van der Waals surface area (Å²) in [6.45, 7) is 0. The predicted molar refractivity (Wildman–Crippen MR) is 65.0 cm³/mol. The maximum atomic E-state index is 10.3. The predicted octanol–water partition coefficient (Wildman–Crippen LogP) is -1.30. The Balaban J connectivity index is -0.000000114. The van der Waals surface area contributed by atoms with Gasteiger partial charge in [-0.3, -0.25) is 4.52 Å². The van der Waals surface area contributed by atoms with Crippen molar-refractivity contribution in [2.24, 2.45) is 0 Å². The summed E-state index contributed by atoms with van der Waals surface area (Å²) in [4.78, 5) is 16.7. The Kier molecular flexibility index (Phi) is 32.0. The topological polar surface area (TPSA) is 87.0 Å². The maximum absolute atomic E-state index is 10.3. The summed E-state index contributed by atoms with van der Waals surface area (Å²) < 4.78 is 14.7. The third-order valence-corrected chi connectivity index (χ3v) is 2.16. The molecule has 3 N–H and O–H groups in total. The zero-order chi connectivity index (χ0) is 9.61. The Labute approximate surface area is 218 Å². The average molecular weight is 318 g/mol. The van der Waals surface area contributed by atoms with Crippen LogP contribution in [0.25, 0.3) is 0 Å². The van der Waals surface area contributed by atoms with Gasteiger partial charge in [-0.05, 0) is 12.8 Å². The first-order valence-electron chi connectivity index (χ1n) is 3.76. The molecule has 1 rings (SSSR count). The van der Waals surface area contributed by atoms with E-state index in [1.54, 1.807) is 0 Å². The van der Waals surface area contributed by atoms with Gasteiger partial charge in [0.2, 0.25) is 0 Å². The molecule has 0 aromatic heterocycles. The van der Waals surface area contributed by atoms with Gasteiger partial charge in [0.1, 0.15) is 0 Å². The van der Waals surface area contributed by atoms with Crippen LogP contribution < -0.4 is 0 Å². The van der Waals surface area contributed by atoms with Crippen LogP contribution in [-0.2, 0) is 9.09 Å². The van der Waals surface area contributed by atoms with Gasteiger partial charge < -0.3 is 14.9 Å². The Bertz CT molecular complexity index is 159. The van der Waals surface area contributed by atoms with Crippen LogP contribution in [0, 0.1) is 0 Å². The van der Waals surface area contributed by atoms with Gasteiger partial charge in [0.05, 0.1) is 6.10 Å². The van der Waals surface area contributed by atoms with Crippen LogP contribution in [0.2, 0.25) is 0 Å². The van der Waals surface area contributed by atoms with E-state index in [-0.39, 0.29) is 160 Å². The van der Waals surface area contributed by atoms with Crippen molar-refractivity contribution >= 4 is 162 Å². The summed E-state index contributed by atoms with van der Waals surface area (Å²) in [5.41, 5.74) is 0. The molecule has 0 aliphatic heterocycles. The van der Waals surface area contributed by atoms with Gasteiger partial charge >= 0.3 is 162 Å². The Morgan fingerprint density at radius 3 is 1.67 bits per heavy atom.